The van der Waals surface area contributed by atoms with E-state index in [4.69, 9.17) is 19.6 Å². The van der Waals surface area contributed by atoms with Crippen molar-refractivity contribution in [3.05, 3.63) is 89.0 Å². The average molecular weight is 371 g/mol. The van der Waals surface area contributed by atoms with Gasteiger partial charge in [0, 0.05) is 16.7 Å². The van der Waals surface area contributed by atoms with E-state index < -0.39 is 0 Å². The smallest absolute Gasteiger partial charge is 0.161 e. The van der Waals surface area contributed by atoms with E-state index in [1.54, 1.807) is 14.2 Å². The number of aliphatic imine (C=N–C) groups is 1. The van der Waals surface area contributed by atoms with Crippen LogP contribution in [-0.2, 0) is 0 Å². The summed E-state index contributed by atoms with van der Waals surface area (Å²) < 4.78 is 10.8. The molecule has 1 heterocycles. The molecule has 5 heteroatoms. The van der Waals surface area contributed by atoms with E-state index in [1.807, 2.05) is 54.6 Å². The second-order valence-electron chi connectivity index (χ2n) is 6.49. The minimum Gasteiger partial charge on any atom is -0.493 e. The number of nitrogens with zero attached hydrogens (tertiary/aromatic N) is 2. The molecule has 4 rings (SSSR count). The van der Waals surface area contributed by atoms with Crippen molar-refractivity contribution >= 4 is 17.2 Å². The summed E-state index contributed by atoms with van der Waals surface area (Å²) in [5.74, 6) is 2.05. The van der Waals surface area contributed by atoms with Crippen LogP contribution in [0.3, 0.4) is 0 Å². The zero-order valence-corrected chi connectivity index (χ0v) is 16.1. The number of nitrogens with one attached hydrogen (secondary N) is 1. The molecule has 5 nitrogen and oxygen atoms in total. The minimum atomic E-state index is 0.658. The van der Waals surface area contributed by atoms with Gasteiger partial charge in [-0.25, -0.2) is 4.99 Å². The lowest BCUT2D eigenvalue weighted by molar-refractivity contribution is 0.355. The second-order valence-corrected chi connectivity index (χ2v) is 6.49. The second kappa shape index (κ2) is 7.56. The first-order valence-corrected chi connectivity index (χ1v) is 9.01. The highest BCUT2D eigenvalue weighted by Crippen LogP contribution is 2.31. The average Bonchev–Trinajstić information content (AvgIpc) is 2.93. The molecule has 1 aliphatic heterocycles. The number of fused-ring (bicyclic) bond motifs is 1. The number of methoxy groups -OCH3 is 2. The lowest BCUT2D eigenvalue weighted by atomic mass is 9.98. The molecule has 3 aromatic rings. The number of hydrogen-bond donors (Lipinski definition) is 1. The van der Waals surface area contributed by atoms with Crippen molar-refractivity contribution in [2.75, 3.05) is 14.2 Å². The van der Waals surface area contributed by atoms with Crippen molar-refractivity contribution in [1.29, 1.82) is 0 Å². The molecular formula is C23H21N3O2. The summed E-state index contributed by atoms with van der Waals surface area (Å²) in [5, 5.41) is 4.70. The van der Waals surface area contributed by atoms with Crippen LogP contribution in [0.5, 0.6) is 11.5 Å². The highest BCUT2D eigenvalue weighted by Gasteiger charge is 2.19. The molecule has 140 valence electrons. The molecule has 0 atom stereocenters. The van der Waals surface area contributed by atoms with Gasteiger partial charge < -0.3 is 9.47 Å². The fraction of sp³-hybridized carbons (Fsp3) is 0.130. The van der Waals surface area contributed by atoms with E-state index >= 15 is 0 Å². The van der Waals surface area contributed by atoms with Gasteiger partial charge >= 0.3 is 0 Å². The molecule has 0 saturated carbocycles. The third-order valence-corrected chi connectivity index (χ3v) is 4.62. The van der Waals surface area contributed by atoms with Crippen LogP contribution in [0.15, 0.2) is 76.8 Å². The summed E-state index contributed by atoms with van der Waals surface area (Å²) in [5.41, 5.74) is 8.81. The maximum absolute atomic E-state index is 5.47. The van der Waals surface area contributed by atoms with Crippen LogP contribution in [0.4, 0.5) is 5.69 Å². The lowest BCUT2D eigenvalue weighted by Gasteiger charge is -2.12. The number of amidine groups is 1. The van der Waals surface area contributed by atoms with Gasteiger partial charge in [-0.3, -0.25) is 5.43 Å². The van der Waals surface area contributed by atoms with Crippen LogP contribution >= 0.6 is 0 Å². The topological polar surface area (TPSA) is 55.2 Å². The van der Waals surface area contributed by atoms with Gasteiger partial charge in [0.15, 0.2) is 17.3 Å². The zero-order chi connectivity index (χ0) is 19.5. The van der Waals surface area contributed by atoms with Crippen molar-refractivity contribution < 1.29 is 9.47 Å². The zero-order valence-electron chi connectivity index (χ0n) is 16.1. The van der Waals surface area contributed by atoms with E-state index in [1.165, 1.54) is 0 Å². The van der Waals surface area contributed by atoms with Gasteiger partial charge in [-0.2, -0.15) is 5.10 Å². The Kier molecular flexibility index (Phi) is 4.81. The van der Waals surface area contributed by atoms with Crippen molar-refractivity contribution in [2.45, 2.75) is 6.92 Å². The molecule has 0 aliphatic carbocycles. The molecular weight excluding hydrogens is 350 g/mol. The van der Waals surface area contributed by atoms with Crippen LogP contribution in [0.2, 0.25) is 0 Å². The fourth-order valence-electron chi connectivity index (χ4n) is 3.18. The number of rotatable bonds is 4. The van der Waals surface area contributed by atoms with E-state index in [0.29, 0.717) is 17.3 Å². The first kappa shape index (κ1) is 17.8. The first-order chi connectivity index (χ1) is 13.7. The van der Waals surface area contributed by atoms with E-state index in [-0.39, 0.29) is 0 Å². The normalized spacial score (nSPS) is 12.8. The SMILES string of the molecule is COc1ccc(C2=NNC(c3ccccc3)=Nc3ccc(C)cc32)cc1OC. The van der Waals surface area contributed by atoms with Gasteiger partial charge in [0.25, 0.3) is 0 Å². The van der Waals surface area contributed by atoms with Crippen LogP contribution in [-0.4, -0.2) is 25.8 Å². The highest BCUT2D eigenvalue weighted by molar-refractivity contribution is 6.18. The molecule has 1 aliphatic rings. The van der Waals surface area contributed by atoms with Gasteiger partial charge in [0.05, 0.1) is 19.9 Å². The maximum Gasteiger partial charge on any atom is 0.161 e. The molecule has 0 amide bonds. The summed E-state index contributed by atoms with van der Waals surface area (Å²) in [4.78, 5) is 4.84. The Morgan fingerprint density at radius 1 is 0.786 bits per heavy atom. The molecule has 0 aromatic heterocycles. The number of benzene rings is 3. The monoisotopic (exact) mass is 371 g/mol. The van der Waals surface area contributed by atoms with Crippen molar-refractivity contribution in [3.8, 4) is 11.5 Å². The Morgan fingerprint density at radius 2 is 1.57 bits per heavy atom. The van der Waals surface area contributed by atoms with Crippen LogP contribution in [0.25, 0.3) is 0 Å². The van der Waals surface area contributed by atoms with E-state index in [9.17, 15) is 0 Å². The predicted molar refractivity (Wildman–Crippen MR) is 112 cm³/mol. The molecule has 0 saturated heterocycles. The van der Waals surface area contributed by atoms with Gasteiger partial charge in [-0.05, 0) is 37.3 Å². The lowest BCUT2D eigenvalue weighted by Crippen LogP contribution is -2.19. The number of hydrogen-bond acceptors (Lipinski definition) is 5. The van der Waals surface area contributed by atoms with E-state index in [0.717, 1.165) is 33.7 Å². The number of aryl methyl sites for hydroxylation is 1. The van der Waals surface area contributed by atoms with Crippen LogP contribution in [0, 0.1) is 6.92 Å². The van der Waals surface area contributed by atoms with Crippen molar-refractivity contribution in [1.82, 2.24) is 5.43 Å². The minimum absolute atomic E-state index is 0.658. The number of hydrazone groups is 1. The third kappa shape index (κ3) is 3.34. The Labute approximate surface area is 164 Å². The Hall–Kier alpha value is -3.60. The molecule has 0 spiro atoms. The molecule has 28 heavy (non-hydrogen) atoms. The quantitative estimate of drug-likeness (QED) is 0.737. The summed E-state index contributed by atoms with van der Waals surface area (Å²) in [6.07, 6.45) is 0. The van der Waals surface area contributed by atoms with Gasteiger partial charge in [0.1, 0.15) is 5.71 Å². The largest absolute Gasteiger partial charge is 0.493 e. The van der Waals surface area contributed by atoms with E-state index in [2.05, 4.69) is 24.5 Å². The standard InChI is InChI=1S/C23H21N3O2/c1-15-9-11-19-18(13-15)22(17-10-12-20(27-2)21(14-17)28-3)25-26-23(24-19)16-7-5-4-6-8-16/h4-14H,1-3H3,(H,24,26). The molecule has 0 unspecified atom stereocenters. The summed E-state index contributed by atoms with van der Waals surface area (Å²) >= 11 is 0. The number of ether oxygens (including phenoxy) is 2. The van der Waals surface area contributed by atoms with Gasteiger partial charge in [-0.15, -0.1) is 0 Å². The Balaban J connectivity index is 1.86. The first-order valence-electron chi connectivity index (χ1n) is 9.01. The Bertz CT molecular complexity index is 1070. The Morgan fingerprint density at radius 3 is 2.32 bits per heavy atom. The molecule has 0 bridgehead atoms. The summed E-state index contributed by atoms with van der Waals surface area (Å²) in [6.45, 7) is 2.06. The molecule has 0 fully saturated rings. The van der Waals surface area contributed by atoms with Crippen molar-refractivity contribution in [2.24, 2.45) is 10.1 Å². The molecule has 3 aromatic carbocycles. The maximum atomic E-state index is 5.47. The van der Waals surface area contributed by atoms with Gasteiger partial charge in [0.2, 0.25) is 0 Å². The molecule has 1 N–H and O–H groups in total. The molecule has 0 radical (unpaired) electrons. The predicted octanol–water partition coefficient (Wildman–Crippen LogP) is 4.45. The van der Waals surface area contributed by atoms with Crippen LogP contribution < -0.4 is 14.9 Å². The van der Waals surface area contributed by atoms with Gasteiger partial charge in [-0.1, -0.05) is 42.0 Å². The fourth-order valence-corrected chi connectivity index (χ4v) is 3.18. The third-order valence-electron chi connectivity index (χ3n) is 4.62. The summed E-state index contributed by atoms with van der Waals surface area (Å²) in [7, 11) is 3.25. The summed E-state index contributed by atoms with van der Waals surface area (Å²) in [6, 6.07) is 21.9. The van der Waals surface area contributed by atoms with Crippen molar-refractivity contribution in [3.63, 3.8) is 0 Å². The highest BCUT2D eigenvalue weighted by atomic mass is 16.5. The van der Waals surface area contributed by atoms with Crippen LogP contribution in [0.1, 0.15) is 22.3 Å².